The molecule has 1 fully saturated rings. The van der Waals surface area contributed by atoms with E-state index >= 15 is 0 Å². The molecule has 1 unspecified atom stereocenters. The predicted molar refractivity (Wildman–Crippen MR) is 62.3 cm³/mol. The Bertz CT molecular complexity index is 232. The summed E-state index contributed by atoms with van der Waals surface area (Å²) < 4.78 is 10.6. The zero-order chi connectivity index (χ0) is 12.0. The van der Waals surface area contributed by atoms with Gasteiger partial charge in [0.05, 0.1) is 13.2 Å². The molecule has 0 aromatic carbocycles. The van der Waals surface area contributed by atoms with Crippen molar-refractivity contribution in [3.8, 4) is 0 Å². The summed E-state index contributed by atoms with van der Waals surface area (Å²) in [6.07, 6.45) is 2.34. The van der Waals surface area contributed by atoms with Crippen LogP contribution in [0.25, 0.3) is 0 Å². The van der Waals surface area contributed by atoms with E-state index in [1.807, 2.05) is 13.8 Å². The summed E-state index contributed by atoms with van der Waals surface area (Å²) in [7, 11) is 0. The molecule has 1 aliphatic rings. The van der Waals surface area contributed by atoms with E-state index < -0.39 is 5.60 Å². The molecule has 0 aromatic rings. The Kier molecular flexibility index (Phi) is 5.22. The number of hydrogen-bond donors (Lipinski definition) is 0. The fourth-order valence-electron chi connectivity index (χ4n) is 1.93. The van der Waals surface area contributed by atoms with Gasteiger partial charge in [0.1, 0.15) is 0 Å². The van der Waals surface area contributed by atoms with Crippen molar-refractivity contribution >= 4 is 5.97 Å². The topological polar surface area (TPSA) is 38.8 Å². The number of carbonyl (C=O) groups excluding carboxylic acids is 1. The first-order valence-electron chi connectivity index (χ1n) is 6.16. The van der Waals surface area contributed by atoms with E-state index in [1.54, 1.807) is 0 Å². The third-order valence-electron chi connectivity index (χ3n) is 2.89. The van der Waals surface area contributed by atoms with E-state index in [0.29, 0.717) is 19.8 Å². The number of unbranched alkanes of at least 4 members (excludes halogenated alkanes) is 1. The van der Waals surface area contributed by atoms with E-state index in [9.17, 15) is 4.79 Å². The average molecular weight is 229 g/mol. The molecule has 0 bridgehead atoms. The highest BCUT2D eigenvalue weighted by molar-refractivity contribution is 5.79. The Morgan fingerprint density at radius 1 is 1.50 bits per heavy atom. The Balaban J connectivity index is 2.50. The molecule has 0 aromatic heterocycles. The molecule has 1 saturated heterocycles. The van der Waals surface area contributed by atoms with Gasteiger partial charge < -0.3 is 9.47 Å². The highest BCUT2D eigenvalue weighted by Crippen LogP contribution is 2.19. The minimum absolute atomic E-state index is 0.240. The number of carbonyl (C=O) groups is 1. The van der Waals surface area contributed by atoms with Gasteiger partial charge in [0.2, 0.25) is 0 Å². The van der Waals surface area contributed by atoms with Gasteiger partial charge in [0.25, 0.3) is 0 Å². The number of hydrogen-bond acceptors (Lipinski definition) is 4. The number of nitrogens with zero attached hydrogens (tertiary/aromatic N) is 1. The van der Waals surface area contributed by atoms with E-state index in [0.717, 1.165) is 13.1 Å². The lowest BCUT2D eigenvalue weighted by Gasteiger charge is -2.38. The van der Waals surface area contributed by atoms with E-state index in [1.165, 1.54) is 12.8 Å². The van der Waals surface area contributed by atoms with Gasteiger partial charge in [-0.05, 0) is 26.8 Å². The van der Waals surface area contributed by atoms with Gasteiger partial charge in [-0.3, -0.25) is 4.90 Å². The molecule has 1 rings (SSSR count). The molecule has 0 radical (unpaired) electrons. The first-order valence-corrected chi connectivity index (χ1v) is 6.16. The molecule has 0 N–H and O–H groups in total. The molecule has 94 valence electrons. The molecule has 1 aliphatic heterocycles. The molecular formula is C12H23NO3. The van der Waals surface area contributed by atoms with E-state index in [4.69, 9.17) is 9.47 Å². The summed E-state index contributed by atoms with van der Waals surface area (Å²) in [5.74, 6) is -0.240. The standard InChI is InChI=1S/C12H23NO3/c1-4-6-7-13-8-9-16-12(3,10-13)11(14)15-5-2/h4-10H2,1-3H3. The third kappa shape index (κ3) is 3.46. The lowest BCUT2D eigenvalue weighted by molar-refractivity contribution is -0.180. The predicted octanol–water partition coefficient (Wildman–Crippen LogP) is 1.44. The molecule has 0 amide bonds. The van der Waals surface area contributed by atoms with Crippen LogP contribution in [0.5, 0.6) is 0 Å². The van der Waals surface area contributed by atoms with Crippen molar-refractivity contribution in [2.24, 2.45) is 0 Å². The maximum Gasteiger partial charge on any atom is 0.339 e. The third-order valence-corrected chi connectivity index (χ3v) is 2.89. The van der Waals surface area contributed by atoms with Crippen LogP contribution in [0, 0.1) is 0 Å². The van der Waals surface area contributed by atoms with Crippen LogP contribution in [0.3, 0.4) is 0 Å². The van der Waals surface area contributed by atoms with Crippen molar-refractivity contribution in [2.75, 3.05) is 32.8 Å². The average Bonchev–Trinajstić information content (AvgIpc) is 2.27. The Morgan fingerprint density at radius 2 is 2.25 bits per heavy atom. The summed E-state index contributed by atoms with van der Waals surface area (Å²) >= 11 is 0. The normalized spacial score (nSPS) is 26.7. The minimum atomic E-state index is -0.776. The maximum absolute atomic E-state index is 11.8. The summed E-state index contributed by atoms with van der Waals surface area (Å²) in [5.41, 5.74) is -0.776. The SMILES string of the molecule is CCCCN1CCOC(C)(C(=O)OCC)C1. The first-order chi connectivity index (χ1) is 7.62. The second-order valence-corrected chi connectivity index (χ2v) is 4.43. The lowest BCUT2D eigenvalue weighted by Crippen LogP contribution is -2.55. The van der Waals surface area contributed by atoms with Crippen molar-refractivity contribution in [2.45, 2.75) is 39.2 Å². The van der Waals surface area contributed by atoms with Crippen LogP contribution in [-0.4, -0.2) is 49.3 Å². The van der Waals surface area contributed by atoms with Crippen LogP contribution in [0.2, 0.25) is 0 Å². The number of morpholine rings is 1. The molecule has 0 spiro atoms. The molecular weight excluding hydrogens is 206 g/mol. The maximum atomic E-state index is 11.8. The lowest BCUT2D eigenvalue weighted by atomic mass is 10.0. The monoisotopic (exact) mass is 229 g/mol. The Hall–Kier alpha value is -0.610. The van der Waals surface area contributed by atoms with Crippen LogP contribution in [0.15, 0.2) is 0 Å². The molecule has 16 heavy (non-hydrogen) atoms. The second-order valence-electron chi connectivity index (χ2n) is 4.43. The summed E-state index contributed by atoms with van der Waals surface area (Å²) in [6.45, 7) is 9.43. The highest BCUT2D eigenvalue weighted by atomic mass is 16.6. The number of esters is 1. The van der Waals surface area contributed by atoms with Gasteiger partial charge in [-0.25, -0.2) is 4.79 Å². The van der Waals surface area contributed by atoms with Crippen molar-refractivity contribution in [3.05, 3.63) is 0 Å². The van der Waals surface area contributed by atoms with Gasteiger partial charge in [-0.2, -0.15) is 0 Å². The first kappa shape index (κ1) is 13.5. The molecule has 0 saturated carbocycles. The van der Waals surface area contributed by atoms with Crippen molar-refractivity contribution in [1.82, 2.24) is 4.90 Å². The summed E-state index contributed by atoms with van der Waals surface area (Å²) in [6, 6.07) is 0. The van der Waals surface area contributed by atoms with E-state index in [-0.39, 0.29) is 5.97 Å². The zero-order valence-corrected chi connectivity index (χ0v) is 10.6. The second kappa shape index (κ2) is 6.21. The van der Waals surface area contributed by atoms with Crippen molar-refractivity contribution < 1.29 is 14.3 Å². The zero-order valence-electron chi connectivity index (χ0n) is 10.6. The van der Waals surface area contributed by atoms with Crippen LogP contribution in [0.1, 0.15) is 33.6 Å². The Morgan fingerprint density at radius 3 is 2.88 bits per heavy atom. The smallest absolute Gasteiger partial charge is 0.339 e. The van der Waals surface area contributed by atoms with Gasteiger partial charge in [0, 0.05) is 13.1 Å². The fraction of sp³-hybridized carbons (Fsp3) is 0.917. The van der Waals surface area contributed by atoms with E-state index in [2.05, 4.69) is 11.8 Å². The van der Waals surface area contributed by atoms with Crippen LogP contribution in [0.4, 0.5) is 0 Å². The molecule has 0 aliphatic carbocycles. The fourth-order valence-corrected chi connectivity index (χ4v) is 1.93. The van der Waals surface area contributed by atoms with Crippen LogP contribution < -0.4 is 0 Å². The van der Waals surface area contributed by atoms with Gasteiger partial charge in [-0.1, -0.05) is 13.3 Å². The van der Waals surface area contributed by atoms with Crippen LogP contribution in [-0.2, 0) is 14.3 Å². The largest absolute Gasteiger partial charge is 0.464 e. The molecule has 1 heterocycles. The number of ether oxygens (including phenoxy) is 2. The molecule has 1 atom stereocenters. The minimum Gasteiger partial charge on any atom is -0.464 e. The number of rotatable bonds is 5. The molecule has 4 heteroatoms. The van der Waals surface area contributed by atoms with Gasteiger partial charge in [0.15, 0.2) is 5.60 Å². The van der Waals surface area contributed by atoms with Crippen molar-refractivity contribution in [1.29, 1.82) is 0 Å². The van der Waals surface area contributed by atoms with Crippen LogP contribution >= 0.6 is 0 Å². The summed E-state index contributed by atoms with van der Waals surface area (Å²) in [5, 5.41) is 0. The van der Waals surface area contributed by atoms with Gasteiger partial charge in [-0.15, -0.1) is 0 Å². The Labute approximate surface area is 97.9 Å². The van der Waals surface area contributed by atoms with Gasteiger partial charge >= 0.3 is 5.97 Å². The summed E-state index contributed by atoms with van der Waals surface area (Å²) in [4.78, 5) is 14.0. The molecule has 4 nitrogen and oxygen atoms in total. The quantitative estimate of drug-likeness (QED) is 0.669. The highest BCUT2D eigenvalue weighted by Gasteiger charge is 2.40. The van der Waals surface area contributed by atoms with Crippen molar-refractivity contribution in [3.63, 3.8) is 0 Å².